The largest absolute Gasteiger partial charge is 0.398 e. The molecule has 2 heteroatoms. The summed E-state index contributed by atoms with van der Waals surface area (Å²) >= 11 is 5.91. The fourth-order valence-electron chi connectivity index (χ4n) is 1.62. The molecule has 0 saturated carbocycles. The highest BCUT2D eigenvalue weighted by atomic mass is 35.5. The summed E-state index contributed by atoms with van der Waals surface area (Å²) in [7, 11) is 0. The summed E-state index contributed by atoms with van der Waals surface area (Å²) in [5.74, 6) is 0. The maximum absolute atomic E-state index is 5.91. The van der Waals surface area contributed by atoms with E-state index in [-0.39, 0.29) is 0 Å². The lowest BCUT2D eigenvalue weighted by Gasteiger charge is -2.06. The number of halogens is 1. The van der Waals surface area contributed by atoms with E-state index in [9.17, 15) is 0 Å². The molecular formula is C12H10ClN. The zero-order valence-electron chi connectivity index (χ0n) is 7.63. The highest BCUT2D eigenvalue weighted by Crippen LogP contribution is 2.29. The molecule has 2 N–H and O–H groups in total. The summed E-state index contributed by atoms with van der Waals surface area (Å²) in [6.07, 6.45) is 1.80. The monoisotopic (exact) mass is 203 g/mol. The van der Waals surface area contributed by atoms with Gasteiger partial charge in [0.2, 0.25) is 0 Å². The van der Waals surface area contributed by atoms with Gasteiger partial charge in [-0.15, -0.1) is 0 Å². The minimum absolute atomic E-state index is 0.663. The molecule has 0 heterocycles. The number of fused-ring (bicyclic) bond motifs is 1. The Balaban J connectivity index is 2.93. The molecule has 0 atom stereocenters. The quantitative estimate of drug-likeness (QED) is 0.703. The van der Waals surface area contributed by atoms with Gasteiger partial charge in [-0.25, -0.2) is 0 Å². The van der Waals surface area contributed by atoms with Crippen molar-refractivity contribution in [3.8, 4) is 0 Å². The molecule has 0 spiro atoms. The highest BCUT2D eigenvalue weighted by Gasteiger charge is 2.03. The van der Waals surface area contributed by atoms with Crippen LogP contribution in [0.4, 0.5) is 5.69 Å². The van der Waals surface area contributed by atoms with Crippen LogP contribution in [0, 0.1) is 0 Å². The van der Waals surface area contributed by atoms with Gasteiger partial charge in [0.1, 0.15) is 0 Å². The summed E-state index contributed by atoms with van der Waals surface area (Å²) in [5.41, 5.74) is 7.64. The molecule has 0 aliphatic rings. The molecule has 2 aromatic carbocycles. The summed E-state index contributed by atoms with van der Waals surface area (Å²) < 4.78 is 0. The van der Waals surface area contributed by atoms with Gasteiger partial charge in [0.25, 0.3) is 0 Å². The van der Waals surface area contributed by atoms with E-state index >= 15 is 0 Å². The van der Waals surface area contributed by atoms with Gasteiger partial charge in [-0.3, -0.25) is 0 Å². The fraction of sp³-hybridized carbons (Fsp3) is 0. The average Bonchev–Trinajstić information content (AvgIpc) is 2.16. The first-order valence-corrected chi connectivity index (χ1v) is 4.70. The number of benzene rings is 2. The summed E-state index contributed by atoms with van der Waals surface area (Å²) in [6.45, 7) is 3.76. The average molecular weight is 204 g/mol. The van der Waals surface area contributed by atoms with Crippen molar-refractivity contribution in [3.63, 3.8) is 0 Å². The van der Waals surface area contributed by atoms with Gasteiger partial charge in [0.05, 0.1) is 0 Å². The third-order valence-electron chi connectivity index (χ3n) is 2.22. The number of nitrogen functional groups attached to an aromatic ring is 1. The maximum Gasteiger partial charge on any atom is 0.0432 e. The molecule has 0 bridgehead atoms. The first-order chi connectivity index (χ1) is 6.72. The fourth-order valence-corrected chi connectivity index (χ4v) is 1.86. The van der Waals surface area contributed by atoms with Crippen LogP contribution in [-0.2, 0) is 0 Å². The van der Waals surface area contributed by atoms with Crippen LogP contribution in [0.25, 0.3) is 16.8 Å². The lowest BCUT2D eigenvalue weighted by molar-refractivity contribution is 1.70. The van der Waals surface area contributed by atoms with Gasteiger partial charge >= 0.3 is 0 Å². The Morgan fingerprint density at radius 3 is 2.79 bits per heavy atom. The van der Waals surface area contributed by atoms with Crippen molar-refractivity contribution in [2.45, 2.75) is 0 Å². The van der Waals surface area contributed by atoms with E-state index < -0.39 is 0 Å². The van der Waals surface area contributed by atoms with Crippen LogP contribution < -0.4 is 5.73 Å². The summed E-state index contributed by atoms with van der Waals surface area (Å²) in [5, 5.41) is 2.73. The topological polar surface area (TPSA) is 26.0 Å². The van der Waals surface area contributed by atoms with Crippen molar-refractivity contribution in [3.05, 3.63) is 47.5 Å². The van der Waals surface area contributed by atoms with E-state index in [4.69, 9.17) is 17.3 Å². The van der Waals surface area contributed by atoms with Crippen molar-refractivity contribution >= 4 is 34.1 Å². The molecule has 1 nitrogen and oxygen atoms in total. The molecule has 70 valence electrons. The third-order valence-corrected chi connectivity index (χ3v) is 2.44. The summed E-state index contributed by atoms with van der Waals surface area (Å²) in [6, 6.07) is 9.61. The van der Waals surface area contributed by atoms with E-state index in [0.717, 1.165) is 16.3 Å². The number of hydrogen-bond acceptors (Lipinski definition) is 1. The van der Waals surface area contributed by atoms with Gasteiger partial charge in [0, 0.05) is 16.1 Å². The van der Waals surface area contributed by atoms with Gasteiger partial charge < -0.3 is 5.73 Å². The zero-order valence-corrected chi connectivity index (χ0v) is 8.38. The van der Waals surface area contributed by atoms with E-state index in [1.54, 1.807) is 12.1 Å². The minimum Gasteiger partial charge on any atom is -0.398 e. The van der Waals surface area contributed by atoms with E-state index in [2.05, 4.69) is 6.58 Å². The first kappa shape index (κ1) is 9.10. The van der Waals surface area contributed by atoms with E-state index in [1.807, 2.05) is 24.3 Å². The molecule has 0 aliphatic heterocycles. The summed E-state index contributed by atoms with van der Waals surface area (Å²) in [4.78, 5) is 0. The molecule has 0 saturated heterocycles. The Bertz CT molecular complexity index is 503. The maximum atomic E-state index is 5.91. The van der Waals surface area contributed by atoms with Crippen LogP contribution in [0.1, 0.15) is 5.56 Å². The Morgan fingerprint density at radius 1 is 1.29 bits per heavy atom. The van der Waals surface area contributed by atoms with Crippen molar-refractivity contribution in [2.24, 2.45) is 0 Å². The molecule has 0 fully saturated rings. The lowest BCUT2D eigenvalue weighted by atomic mass is 10.0. The third kappa shape index (κ3) is 1.36. The molecule has 0 radical (unpaired) electrons. The number of anilines is 1. The number of hydrogen-bond donors (Lipinski definition) is 1. The second kappa shape index (κ2) is 3.35. The number of nitrogens with two attached hydrogens (primary N) is 1. The normalized spacial score (nSPS) is 10.4. The van der Waals surface area contributed by atoms with Crippen molar-refractivity contribution in [1.82, 2.24) is 0 Å². The van der Waals surface area contributed by atoms with Crippen molar-refractivity contribution < 1.29 is 0 Å². The van der Waals surface area contributed by atoms with Crippen molar-refractivity contribution in [1.29, 1.82) is 0 Å². The van der Waals surface area contributed by atoms with E-state index in [0.29, 0.717) is 10.7 Å². The predicted octanol–water partition coefficient (Wildman–Crippen LogP) is 3.72. The number of rotatable bonds is 1. The smallest absolute Gasteiger partial charge is 0.0432 e. The Morgan fingerprint density at radius 2 is 2.07 bits per heavy atom. The van der Waals surface area contributed by atoms with Crippen LogP contribution in [0.3, 0.4) is 0 Å². The highest BCUT2D eigenvalue weighted by molar-refractivity contribution is 6.32. The van der Waals surface area contributed by atoms with Gasteiger partial charge in [-0.2, -0.15) is 0 Å². The molecule has 0 aromatic heterocycles. The molecule has 0 aliphatic carbocycles. The van der Waals surface area contributed by atoms with Crippen LogP contribution in [0.5, 0.6) is 0 Å². The van der Waals surface area contributed by atoms with Gasteiger partial charge in [0.15, 0.2) is 0 Å². The SMILES string of the molecule is C=Cc1cccc2cc(Cl)cc(N)c12. The molecule has 0 amide bonds. The standard InChI is InChI=1S/C12H10ClN/c1-2-8-4-3-5-9-6-10(13)7-11(14)12(8)9/h2-7H,1,14H2. The first-order valence-electron chi connectivity index (χ1n) is 4.32. The lowest BCUT2D eigenvalue weighted by Crippen LogP contribution is -1.89. The molecule has 2 rings (SSSR count). The second-order valence-electron chi connectivity index (χ2n) is 3.14. The van der Waals surface area contributed by atoms with Crippen LogP contribution >= 0.6 is 11.6 Å². The zero-order chi connectivity index (χ0) is 10.1. The molecular weight excluding hydrogens is 194 g/mol. The predicted molar refractivity (Wildman–Crippen MR) is 63.5 cm³/mol. The molecule has 14 heavy (non-hydrogen) atoms. The van der Waals surface area contributed by atoms with Gasteiger partial charge in [-0.1, -0.05) is 42.5 Å². The Labute approximate surface area is 87.8 Å². The molecule has 2 aromatic rings. The molecule has 0 unspecified atom stereocenters. The second-order valence-corrected chi connectivity index (χ2v) is 3.58. The van der Waals surface area contributed by atoms with Crippen molar-refractivity contribution in [2.75, 3.05) is 5.73 Å². The Hall–Kier alpha value is -1.47. The Kier molecular flexibility index (Phi) is 2.18. The van der Waals surface area contributed by atoms with Crippen LogP contribution in [-0.4, -0.2) is 0 Å². The van der Waals surface area contributed by atoms with Crippen LogP contribution in [0.15, 0.2) is 36.9 Å². The van der Waals surface area contributed by atoms with E-state index in [1.165, 1.54) is 0 Å². The minimum atomic E-state index is 0.663. The van der Waals surface area contributed by atoms with Gasteiger partial charge in [-0.05, 0) is 23.1 Å². The van der Waals surface area contributed by atoms with Crippen LogP contribution in [0.2, 0.25) is 5.02 Å².